The van der Waals surface area contributed by atoms with Gasteiger partial charge in [-0.25, -0.2) is 0 Å². The number of amides is 1. The number of nitrogens with one attached hydrogen (secondary N) is 1. The molecule has 0 unspecified atom stereocenters. The lowest BCUT2D eigenvalue weighted by Gasteiger charge is -2.11. The van der Waals surface area contributed by atoms with Crippen LogP contribution in [0.25, 0.3) is 0 Å². The van der Waals surface area contributed by atoms with Gasteiger partial charge in [-0.15, -0.1) is 12.4 Å². The van der Waals surface area contributed by atoms with Crippen LogP contribution in [0, 0.1) is 0 Å². The molecule has 1 aromatic carbocycles. The Morgan fingerprint density at radius 3 is 2.68 bits per heavy atom. The zero-order valence-electron chi connectivity index (χ0n) is 12.4. The molecule has 0 aliphatic heterocycles. The van der Waals surface area contributed by atoms with Crippen LogP contribution in [-0.4, -0.2) is 19.6 Å². The molecular weight excluding hydrogens is 308 g/mol. The van der Waals surface area contributed by atoms with E-state index in [0.29, 0.717) is 35.1 Å². The van der Waals surface area contributed by atoms with Gasteiger partial charge in [0.2, 0.25) is 0 Å². The van der Waals surface area contributed by atoms with E-state index in [0.717, 1.165) is 0 Å². The van der Waals surface area contributed by atoms with E-state index < -0.39 is 0 Å². The molecule has 3 N–H and O–H groups in total. The van der Waals surface area contributed by atoms with Crippen molar-refractivity contribution in [3.8, 4) is 11.5 Å². The fourth-order valence-corrected chi connectivity index (χ4v) is 1.83. The van der Waals surface area contributed by atoms with Gasteiger partial charge >= 0.3 is 0 Å². The maximum atomic E-state index is 12.1. The van der Waals surface area contributed by atoms with E-state index in [1.165, 1.54) is 6.26 Å². The van der Waals surface area contributed by atoms with Gasteiger partial charge in [0, 0.05) is 11.8 Å². The minimum atomic E-state index is -0.272. The van der Waals surface area contributed by atoms with E-state index in [4.69, 9.17) is 19.6 Å². The Labute approximate surface area is 135 Å². The topological polar surface area (TPSA) is 86.7 Å². The molecule has 0 atom stereocenters. The number of furan rings is 1. The molecule has 1 amide bonds. The molecule has 2 rings (SSSR count). The molecule has 0 aliphatic carbocycles. The van der Waals surface area contributed by atoms with E-state index in [9.17, 15) is 4.79 Å². The van der Waals surface area contributed by atoms with Crippen LogP contribution in [-0.2, 0) is 6.54 Å². The number of nitrogens with two attached hydrogens (primary N) is 1. The maximum absolute atomic E-state index is 12.1. The predicted molar refractivity (Wildman–Crippen MR) is 86.0 cm³/mol. The van der Waals surface area contributed by atoms with Gasteiger partial charge in [0.05, 0.1) is 25.8 Å². The highest BCUT2D eigenvalue weighted by atomic mass is 35.5. The summed E-state index contributed by atoms with van der Waals surface area (Å²) < 4.78 is 15.8. The third-order valence-corrected chi connectivity index (χ3v) is 2.84. The van der Waals surface area contributed by atoms with Crippen molar-refractivity contribution in [2.24, 2.45) is 5.73 Å². The molecule has 120 valence electrons. The number of hydrogen-bond donors (Lipinski definition) is 2. The molecule has 7 heteroatoms. The minimum Gasteiger partial charge on any atom is -0.493 e. The largest absolute Gasteiger partial charge is 0.493 e. The number of benzene rings is 1. The monoisotopic (exact) mass is 326 g/mol. The number of halogens is 1. The average Bonchev–Trinajstić information content (AvgIpc) is 2.97. The summed E-state index contributed by atoms with van der Waals surface area (Å²) in [6.45, 7) is 2.64. The zero-order chi connectivity index (χ0) is 15.2. The van der Waals surface area contributed by atoms with Gasteiger partial charge < -0.3 is 24.9 Å². The highest BCUT2D eigenvalue weighted by Gasteiger charge is 2.12. The molecular formula is C15H19ClN2O4. The van der Waals surface area contributed by atoms with Crippen LogP contribution in [0.15, 0.2) is 34.9 Å². The molecule has 0 radical (unpaired) electrons. The second-order valence-electron chi connectivity index (χ2n) is 4.26. The normalized spacial score (nSPS) is 9.77. The van der Waals surface area contributed by atoms with Gasteiger partial charge in [0.15, 0.2) is 11.5 Å². The zero-order valence-corrected chi connectivity index (χ0v) is 13.2. The van der Waals surface area contributed by atoms with Gasteiger partial charge in [0.25, 0.3) is 5.91 Å². The van der Waals surface area contributed by atoms with Crippen molar-refractivity contribution in [1.29, 1.82) is 0 Å². The van der Waals surface area contributed by atoms with Crippen molar-refractivity contribution in [3.63, 3.8) is 0 Å². The number of ether oxygens (including phenoxy) is 2. The Balaban J connectivity index is 0.00000242. The van der Waals surface area contributed by atoms with Crippen molar-refractivity contribution in [1.82, 2.24) is 0 Å². The first-order valence-corrected chi connectivity index (χ1v) is 6.57. The molecule has 1 heterocycles. The summed E-state index contributed by atoms with van der Waals surface area (Å²) in [7, 11) is 1.57. The molecule has 0 bridgehead atoms. The third kappa shape index (κ3) is 4.16. The van der Waals surface area contributed by atoms with Gasteiger partial charge in [0.1, 0.15) is 12.0 Å². The number of carbonyl (C=O) groups excluding carboxylic acids is 1. The highest BCUT2D eigenvalue weighted by molar-refractivity contribution is 6.04. The van der Waals surface area contributed by atoms with Crippen LogP contribution >= 0.6 is 12.4 Å². The average molecular weight is 327 g/mol. The van der Waals surface area contributed by atoms with Crippen molar-refractivity contribution >= 4 is 24.0 Å². The molecule has 0 aliphatic rings. The van der Waals surface area contributed by atoms with Crippen LogP contribution < -0.4 is 20.5 Å². The number of methoxy groups -OCH3 is 1. The Hall–Kier alpha value is -2.18. The first-order chi connectivity index (χ1) is 10.2. The Kier molecular flexibility index (Phi) is 6.75. The number of anilines is 1. The van der Waals surface area contributed by atoms with E-state index >= 15 is 0 Å². The second kappa shape index (κ2) is 8.31. The molecule has 22 heavy (non-hydrogen) atoms. The first-order valence-electron chi connectivity index (χ1n) is 6.57. The molecule has 1 aromatic heterocycles. The molecule has 0 spiro atoms. The summed E-state index contributed by atoms with van der Waals surface area (Å²) in [5, 5.41) is 2.77. The van der Waals surface area contributed by atoms with Crippen molar-refractivity contribution in [2.45, 2.75) is 13.5 Å². The summed E-state index contributed by atoms with van der Waals surface area (Å²) >= 11 is 0. The summed E-state index contributed by atoms with van der Waals surface area (Å²) in [5.41, 5.74) is 6.48. The maximum Gasteiger partial charge on any atom is 0.258 e. The van der Waals surface area contributed by atoms with Crippen LogP contribution in [0.5, 0.6) is 11.5 Å². The standard InChI is InChI=1S/C15H18N2O4.ClH/c1-3-20-14-7-11(4-5-13(14)19-2)17-15(18)10-6-12(8-16)21-9-10;/h4-7,9H,3,8,16H2,1-2H3,(H,17,18);1H. The van der Waals surface area contributed by atoms with Crippen LogP contribution in [0.3, 0.4) is 0 Å². The lowest BCUT2D eigenvalue weighted by molar-refractivity contribution is 0.102. The van der Waals surface area contributed by atoms with E-state index in [2.05, 4.69) is 5.32 Å². The quantitative estimate of drug-likeness (QED) is 0.852. The third-order valence-electron chi connectivity index (χ3n) is 2.84. The number of rotatable bonds is 6. The second-order valence-corrected chi connectivity index (χ2v) is 4.26. The van der Waals surface area contributed by atoms with Gasteiger partial charge in [-0.05, 0) is 25.1 Å². The number of carbonyl (C=O) groups is 1. The summed E-state index contributed by atoms with van der Waals surface area (Å²) in [4.78, 5) is 12.1. The molecule has 2 aromatic rings. The Morgan fingerprint density at radius 1 is 1.32 bits per heavy atom. The summed E-state index contributed by atoms with van der Waals surface area (Å²) in [6.07, 6.45) is 1.38. The van der Waals surface area contributed by atoms with Crippen LogP contribution in [0.2, 0.25) is 0 Å². The van der Waals surface area contributed by atoms with Crippen LogP contribution in [0.4, 0.5) is 5.69 Å². The fraction of sp³-hybridized carbons (Fsp3) is 0.267. The molecule has 0 saturated carbocycles. The predicted octanol–water partition coefficient (Wildman–Crippen LogP) is 2.82. The molecule has 0 fully saturated rings. The van der Waals surface area contributed by atoms with E-state index in [1.807, 2.05) is 6.92 Å². The van der Waals surface area contributed by atoms with E-state index in [1.54, 1.807) is 31.4 Å². The highest BCUT2D eigenvalue weighted by Crippen LogP contribution is 2.30. The summed E-state index contributed by atoms with van der Waals surface area (Å²) in [6, 6.07) is 6.80. The SMILES string of the molecule is CCOc1cc(NC(=O)c2coc(CN)c2)ccc1OC.Cl. The van der Waals surface area contributed by atoms with Gasteiger partial charge in [-0.3, -0.25) is 4.79 Å². The van der Waals surface area contributed by atoms with Crippen molar-refractivity contribution in [3.05, 3.63) is 41.9 Å². The van der Waals surface area contributed by atoms with Gasteiger partial charge in [-0.1, -0.05) is 0 Å². The Morgan fingerprint density at radius 2 is 2.09 bits per heavy atom. The smallest absolute Gasteiger partial charge is 0.258 e. The van der Waals surface area contributed by atoms with Crippen molar-refractivity contribution in [2.75, 3.05) is 19.0 Å². The minimum absolute atomic E-state index is 0. The van der Waals surface area contributed by atoms with Crippen LogP contribution in [0.1, 0.15) is 23.0 Å². The van der Waals surface area contributed by atoms with E-state index in [-0.39, 0.29) is 24.9 Å². The summed E-state index contributed by atoms with van der Waals surface area (Å²) in [5.74, 6) is 1.48. The lowest BCUT2D eigenvalue weighted by Crippen LogP contribution is -2.11. The lowest BCUT2D eigenvalue weighted by atomic mass is 10.2. The fourth-order valence-electron chi connectivity index (χ4n) is 1.83. The Bertz CT molecular complexity index is 628. The molecule has 0 saturated heterocycles. The number of hydrogen-bond acceptors (Lipinski definition) is 5. The van der Waals surface area contributed by atoms with Gasteiger partial charge in [-0.2, -0.15) is 0 Å². The van der Waals surface area contributed by atoms with Crippen molar-refractivity contribution < 1.29 is 18.7 Å². The molecule has 6 nitrogen and oxygen atoms in total. The first kappa shape index (κ1) is 17.9.